The molecule has 0 heterocycles. The molecule has 0 atom stereocenters. The summed E-state index contributed by atoms with van der Waals surface area (Å²) in [7, 11) is 0. The fourth-order valence-corrected chi connectivity index (χ4v) is 0. The van der Waals surface area contributed by atoms with E-state index in [1.54, 1.807) is 0 Å². The Balaban J connectivity index is 0. The fraction of sp³-hybridized carbons (Fsp3) is 0. The Bertz CT molecular complexity index is 6.00. The van der Waals surface area contributed by atoms with Crippen LogP contribution >= 0.6 is 0 Å². The topological polar surface area (TPSA) is 0 Å². The van der Waals surface area contributed by atoms with E-state index >= 15 is 0 Å². The van der Waals surface area contributed by atoms with Gasteiger partial charge in [0.05, 0.1) is 0 Å². The molecule has 0 saturated carbocycles. The van der Waals surface area contributed by atoms with Gasteiger partial charge in [0.25, 0.3) is 0 Å². The van der Waals surface area contributed by atoms with Gasteiger partial charge in [0.15, 0.2) is 0 Å². The van der Waals surface area contributed by atoms with Gasteiger partial charge in [0.1, 0.15) is 0 Å². The molecule has 0 fully saturated rings. The van der Waals surface area contributed by atoms with Gasteiger partial charge in [-0.15, -0.1) is 0 Å². The van der Waals surface area contributed by atoms with Gasteiger partial charge in [-0.3, -0.25) is 0 Å². The molecule has 0 rings (SSSR count). The quantitative estimate of drug-likeness (QED) is 0.496. The van der Waals surface area contributed by atoms with E-state index in [-0.39, 0.29) is 89.9 Å². The zero-order chi connectivity index (χ0) is 0. The van der Waals surface area contributed by atoms with Crippen LogP contribution in [0.5, 0.6) is 0 Å². The maximum absolute atomic E-state index is 0. The van der Waals surface area contributed by atoms with Crippen LogP contribution in [0.1, 0.15) is 0 Å². The van der Waals surface area contributed by atoms with Crippen LogP contribution in [0.3, 0.4) is 0 Å². The van der Waals surface area contributed by atoms with Crippen LogP contribution in [0.2, 0.25) is 0 Å². The predicted molar refractivity (Wildman–Crippen MR) is 7.15 cm³/mol. The molecule has 1 radical (unpaired) electrons. The van der Waals surface area contributed by atoms with Crippen LogP contribution < -0.4 is 0 Å². The molecule has 0 spiro atoms. The Morgan fingerprint density at radius 1 is 0.750 bits per heavy atom. The molecule has 0 bridgehead atoms. The molecule has 0 aliphatic rings. The third-order valence-electron chi connectivity index (χ3n) is 0. The maximum atomic E-state index is 0. The Morgan fingerprint density at radius 3 is 0.750 bits per heavy atom. The molecule has 4 heavy (non-hydrogen) atoms. The first-order valence-electron chi connectivity index (χ1n) is 0. The van der Waals surface area contributed by atoms with E-state index in [0.717, 1.165) is 0 Å². The van der Waals surface area contributed by atoms with Crippen LogP contribution in [0.25, 0.3) is 0 Å². The maximum Gasteiger partial charge on any atom is 0 e. The summed E-state index contributed by atoms with van der Waals surface area (Å²) < 4.78 is 0. The van der Waals surface area contributed by atoms with E-state index < -0.39 is 0 Å². The predicted octanol–water partition coefficient (Wildman–Crippen LogP) is -0.656. The molecule has 0 N–H and O–H groups in total. The molecule has 0 aromatic rings. The second-order valence-electron chi connectivity index (χ2n) is 0. The van der Waals surface area contributed by atoms with Gasteiger partial charge in [0.2, 0.25) is 0 Å². The van der Waals surface area contributed by atoms with Crippen LogP contribution in [0.15, 0.2) is 0 Å². The van der Waals surface area contributed by atoms with E-state index in [4.69, 9.17) is 0 Å². The van der Waals surface area contributed by atoms with Crippen LogP contribution in [0.4, 0.5) is 0 Å². The van der Waals surface area contributed by atoms with Crippen molar-refractivity contribution in [3.8, 4) is 0 Å². The van der Waals surface area contributed by atoms with Gasteiger partial charge in [-0.2, -0.15) is 0 Å². The molecule has 4 heteroatoms. The molecule has 0 aromatic carbocycles. The largest absolute Gasteiger partial charge is 0 e. The summed E-state index contributed by atoms with van der Waals surface area (Å²) >= 11 is 0. The Labute approximate surface area is 88.3 Å². The van der Waals surface area contributed by atoms with Gasteiger partial charge >= 0.3 is 23.7 Å². The minimum atomic E-state index is 0. The minimum Gasteiger partial charge on any atom is 0 e. The van der Waals surface area contributed by atoms with Crippen molar-refractivity contribution in [2.45, 2.75) is 0 Å². The summed E-state index contributed by atoms with van der Waals surface area (Å²) in [6.45, 7) is 0. The minimum absolute atomic E-state index is 0. The summed E-state index contributed by atoms with van der Waals surface area (Å²) in [6, 6.07) is 0. The molecule has 0 nitrogen and oxygen atoms in total. The first-order valence-corrected chi connectivity index (χ1v) is 0. The number of hydrogen-bond acceptors (Lipinski definition) is 0. The van der Waals surface area contributed by atoms with Gasteiger partial charge in [-0.1, -0.05) is 0 Å². The van der Waals surface area contributed by atoms with E-state index in [0.29, 0.717) is 0 Å². The average molecular weight is 372 g/mol. The SMILES string of the molecule is [Cd].[TeH].[Zn].[Zn]. The van der Waals surface area contributed by atoms with E-state index in [2.05, 4.69) is 0 Å². The number of rotatable bonds is 0. The van der Waals surface area contributed by atoms with Crippen LogP contribution in [-0.4, -0.2) is 23.7 Å². The van der Waals surface area contributed by atoms with Gasteiger partial charge < -0.3 is 0 Å². The van der Waals surface area contributed by atoms with Crippen molar-refractivity contribution in [2.75, 3.05) is 0 Å². The Morgan fingerprint density at radius 2 is 0.750 bits per heavy atom. The van der Waals surface area contributed by atoms with Crippen molar-refractivity contribution in [1.29, 1.82) is 0 Å². The van der Waals surface area contributed by atoms with Gasteiger partial charge in [0, 0.05) is 66.3 Å². The summed E-state index contributed by atoms with van der Waals surface area (Å²) in [5.74, 6) is 0. The normalized spacial score (nSPS) is 0. The molecule has 0 unspecified atom stereocenters. The molecule has 0 aliphatic heterocycles. The molecule has 0 aromatic heterocycles. The van der Waals surface area contributed by atoms with E-state index in [9.17, 15) is 0 Å². The molecule has 13 valence electrons. The monoisotopic (exact) mass is 373 g/mol. The zero-order valence-corrected chi connectivity index (χ0v) is 15.1. The third-order valence-corrected chi connectivity index (χ3v) is 0. The van der Waals surface area contributed by atoms with Crippen LogP contribution in [0, 0.1) is 0 Å². The third kappa shape index (κ3) is 8.88. The van der Waals surface area contributed by atoms with Crippen molar-refractivity contribution in [2.24, 2.45) is 0 Å². The Kier molecular flexibility index (Phi) is 118. The summed E-state index contributed by atoms with van der Waals surface area (Å²) in [4.78, 5) is 0. The van der Waals surface area contributed by atoms with Crippen molar-refractivity contribution < 1.29 is 66.3 Å². The fourth-order valence-electron chi connectivity index (χ4n) is 0. The second-order valence-corrected chi connectivity index (χ2v) is 0. The van der Waals surface area contributed by atoms with E-state index in [1.165, 1.54) is 0 Å². The van der Waals surface area contributed by atoms with E-state index in [1.807, 2.05) is 0 Å². The molecule has 0 amide bonds. The smallest absolute Gasteiger partial charge is 0 e. The summed E-state index contributed by atoms with van der Waals surface area (Å²) in [5.41, 5.74) is 0. The zero-order valence-electron chi connectivity index (χ0n) is 2.57. The molecule has 0 aliphatic carbocycles. The van der Waals surface area contributed by atoms with Gasteiger partial charge in [-0.05, 0) is 0 Å². The first-order chi connectivity index (χ1) is 0. The Hall–Kier alpha value is 2.96. The van der Waals surface area contributed by atoms with Crippen LogP contribution in [-0.2, 0) is 66.3 Å². The number of hydrogen-bond donors (Lipinski definition) is 0. The molecular weight excluding hydrogens is 371 g/mol. The van der Waals surface area contributed by atoms with Crippen molar-refractivity contribution in [1.82, 2.24) is 0 Å². The summed E-state index contributed by atoms with van der Waals surface area (Å²) in [6.07, 6.45) is 0. The van der Waals surface area contributed by atoms with Crippen molar-refractivity contribution >= 4 is 23.7 Å². The second kappa shape index (κ2) is 16.7. The van der Waals surface area contributed by atoms with Crippen molar-refractivity contribution in [3.63, 3.8) is 0 Å². The summed E-state index contributed by atoms with van der Waals surface area (Å²) in [5, 5.41) is 0. The molecule has 0 saturated heterocycles. The average Bonchev–Trinajstić information content (AvgIpc) is 0. The van der Waals surface area contributed by atoms with Gasteiger partial charge in [-0.25, -0.2) is 0 Å². The standard InChI is InChI=1S/Cd.HTe.2Zn/h;1H;;. The van der Waals surface area contributed by atoms with Crippen molar-refractivity contribution in [3.05, 3.63) is 0 Å². The first kappa shape index (κ1) is 28.2. The molecular formula is HCdTeZn2.